The summed E-state index contributed by atoms with van der Waals surface area (Å²) in [5, 5.41) is 0. The lowest BCUT2D eigenvalue weighted by Gasteiger charge is -2.50. The molecule has 2 atom stereocenters. The predicted octanol–water partition coefficient (Wildman–Crippen LogP) is 1.97. The molecule has 2 amide bonds. The van der Waals surface area contributed by atoms with E-state index >= 15 is 0 Å². The average Bonchev–Trinajstić information content (AvgIpc) is 3.30. The van der Waals surface area contributed by atoms with E-state index in [4.69, 9.17) is 9.47 Å². The van der Waals surface area contributed by atoms with Crippen molar-refractivity contribution in [1.29, 1.82) is 0 Å². The molecule has 2 heterocycles. The van der Waals surface area contributed by atoms with Crippen molar-refractivity contribution in [3.63, 3.8) is 0 Å². The number of likely N-dealkylation sites (tertiary alicyclic amines) is 1. The Kier molecular flexibility index (Phi) is 4.41. The molecule has 0 radical (unpaired) electrons. The fourth-order valence-electron chi connectivity index (χ4n) is 3.66. The summed E-state index contributed by atoms with van der Waals surface area (Å²) in [4.78, 5) is 15.9. The fourth-order valence-corrected chi connectivity index (χ4v) is 3.66. The zero-order valence-electron chi connectivity index (χ0n) is 13.3. The second kappa shape index (κ2) is 6.13. The topological polar surface area (TPSA) is 42.0 Å². The Labute approximate surface area is 127 Å². The van der Waals surface area contributed by atoms with Gasteiger partial charge in [0.05, 0.1) is 12.7 Å². The first-order valence-corrected chi connectivity index (χ1v) is 8.26. The van der Waals surface area contributed by atoms with Gasteiger partial charge in [-0.15, -0.1) is 0 Å². The Morgan fingerprint density at radius 1 is 1.38 bits per heavy atom. The number of carbonyl (C=O) groups excluding carboxylic acids is 1. The van der Waals surface area contributed by atoms with Gasteiger partial charge in [-0.3, -0.25) is 0 Å². The summed E-state index contributed by atoms with van der Waals surface area (Å²) in [5.41, 5.74) is 0.0110. The molecule has 5 nitrogen and oxygen atoms in total. The molecule has 2 aliphatic heterocycles. The van der Waals surface area contributed by atoms with Crippen LogP contribution in [-0.4, -0.2) is 68.9 Å². The summed E-state index contributed by atoms with van der Waals surface area (Å²) in [5.74, 6) is 0.785. The van der Waals surface area contributed by atoms with Gasteiger partial charge in [-0.2, -0.15) is 0 Å². The Morgan fingerprint density at radius 3 is 2.90 bits per heavy atom. The van der Waals surface area contributed by atoms with Gasteiger partial charge in [0.15, 0.2) is 0 Å². The number of nitrogens with zero attached hydrogens (tertiary/aromatic N) is 2. The maximum absolute atomic E-state index is 12.3. The Morgan fingerprint density at radius 2 is 2.19 bits per heavy atom. The van der Waals surface area contributed by atoms with Crippen LogP contribution in [0.5, 0.6) is 0 Å². The molecule has 3 rings (SSSR count). The highest BCUT2D eigenvalue weighted by Crippen LogP contribution is 2.41. The molecule has 0 unspecified atom stereocenters. The van der Waals surface area contributed by atoms with Crippen molar-refractivity contribution in [3.05, 3.63) is 0 Å². The van der Waals surface area contributed by atoms with Gasteiger partial charge >= 0.3 is 6.03 Å². The van der Waals surface area contributed by atoms with Gasteiger partial charge in [-0.1, -0.05) is 0 Å². The van der Waals surface area contributed by atoms with E-state index in [1.807, 2.05) is 19.0 Å². The van der Waals surface area contributed by atoms with E-state index in [1.54, 1.807) is 4.90 Å². The Hall–Kier alpha value is -0.810. The maximum atomic E-state index is 12.3. The van der Waals surface area contributed by atoms with E-state index in [9.17, 15) is 4.79 Å². The summed E-state index contributed by atoms with van der Waals surface area (Å²) < 4.78 is 12.0. The van der Waals surface area contributed by atoms with E-state index in [-0.39, 0.29) is 17.6 Å². The molecule has 3 fully saturated rings. The molecular formula is C16H28N2O3. The quantitative estimate of drug-likeness (QED) is 0.796. The van der Waals surface area contributed by atoms with Crippen LogP contribution < -0.4 is 0 Å². The molecule has 1 aliphatic carbocycles. The second-order valence-corrected chi connectivity index (χ2v) is 7.17. The summed E-state index contributed by atoms with van der Waals surface area (Å²) >= 11 is 0. The molecule has 1 saturated carbocycles. The van der Waals surface area contributed by atoms with Crippen molar-refractivity contribution >= 4 is 6.03 Å². The van der Waals surface area contributed by atoms with E-state index in [2.05, 4.69) is 0 Å². The fraction of sp³-hybridized carbons (Fsp3) is 0.938. The van der Waals surface area contributed by atoms with Crippen LogP contribution in [0.1, 0.15) is 32.1 Å². The molecular weight excluding hydrogens is 268 g/mol. The maximum Gasteiger partial charge on any atom is 0.319 e. The third-order valence-electron chi connectivity index (χ3n) is 5.08. The molecule has 2 saturated heterocycles. The number of carbonyl (C=O) groups is 1. The van der Waals surface area contributed by atoms with Gasteiger partial charge in [0.2, 0.25) is 0 Å². The number of hydrogen-bond donors (Lipinski definition) is 0. The molecule has 0 spiro atoms. The van der Waals surface area contributed by atoms with Gasteiger partial charge in [0, 0.05) is 45.8 Å². The first-order chi connectivity index (χ1) is 10.1. The third-order valence-corrected chi connectivity index (χ3v) is 5.08. The van der Waals surface area contributed by atoms with Gasteiger partial charge < -0.3 is 19.3 Å². The van der Waals surface area contributed by atoms with Crippen LogP contribution in [0.15, 0.2) is 0 Å². The van der Waals surface area contributed by atoms with E-state index < -0.39 is 0 Å². The van der Waals surface area contributed by atoms with Crippen LogP contribution in [0.3, 0.4) is 0 Å². The van der Waals surface area contributed by atoms with E-state index in [1.165, 1.54) is 12.8 Å². The molecule has 0 bridgehead atoms. The van der Waals surface area contributed by atoms with Crippen LogP contribution in [0.25, 0.3) is 0 Å². The number of amides is 2. The standard InChI is InChI=1S/C16H28N2O3/c1-17(2)15(19)18-8-6-14-16(11-18,7-3-9-21-14)12-20-10-13-4-5-13/h13-14H,3-12H2,1-2H3/t14-,16+/m1/s1. The van der Waals surface area contributed by atoms with Crippen molar-refractivity contribution in [2.75, 3.05) is 47.0 Å². The number of fused-ring (bicyclic) bond motifs is 1. The van der Waals surface area contributed by atoms with Crippen molar-refractivity contribution < 1.29 is 14.3 Å². The van der Waals surface area contributed by atoms with Crippen LogP contribution >= 0.6 is 0 Å². The highest BCUT2D eigenvalue weighted by Gasteiger charge is 2.47. The number of ether oxygens (including phenoxy) is 2. The number of hydrogen-bond acceptors (Lipinski definition) is 3. The minimum Gasteiger partial charge on any atom is -0.380 e. The van der Waals surface area contributed by atoms with Gasteiger partial charge in [0.25, 0.3) is 0 Å². The van der Waals surface area contributed by atoms with Crippen LogP contribution in [0.2, 0.25) is 0 Å². The average molecular weight is 296 g/mol. The Balaban J connectivity index is 1.65. The number of urea groups is 1. The molecule has 21 heavy (non-hydrogen) atoms. The lowest BCUT2D eigenvalue weighted by atomic mass is 9.73. The molecule has 0 N–H and O–H groups in total. The van der Waals surface area contributed by atoms with Crippen molar-refractivity contribution in [1.82, 2.24) is 9.80 Å². The Bertz CT molecular complexity index is 384. The SMILES string of the molecule is CN(C)C(=O)N1CC[C@H]2OCCC[C@@]2(COCC2CC2)C1. The smallest absolute Gasteiger partial charge is 0.319 e. The normalized spacial score (nSPS) is 32.7. The zero-order valence-corrected chi connectivity index (χ0v) is 13.3. The van der Waals surface area contributed by atoms with Crippen LogP contribution in [-0.2, 0) is 9.47 Å². The molecule has 120 valence electrons. The second-order valence-electron chi connectivity index (χ2n) is 7.17. The summed E-state index contributed by atoms with van der Waals surface area (Å²) in [6, 6.07) is 0.112. The lowest BCUT2D eigenvalue weighted by molar-refractivity contribution is -0.147. The third kappa shape index (κ3) is 3.34. The van der Waals surface area contributed by atoms with E-state index in [0.717, 1.165) is 58.1 Å². The van der Waals surface area contributed by atoms with Crippen molar-refractivity contribution in [2.45, 2.75) is 38.2 Å². The van der Waals surface area contributed by atoms with Crippen LogP contribution in [0, 0.1) is 11.3 Å². The number of rotatable bonds is 4. The van der Waals surface area contributed by atoms with Gasteiger partial charge in [0.1, 0.15) is 0 Å². The summed E-state index contributed by atoms with van der Waals surface area (Å²) in [7, 11) is 3.64. The highest BCUT2D eigenvalue weighted by atomic mass is 16.5. The summed E-state index contributed by atoms with van der Waals surface area (Å²) in [6.07, 6.45) is 6.02. The minimum atomic E-state index is 0.0110. The van der Waals surface area contributed by atoms with Crippen molar-refractivity contribution in [2.24, 2.45) is 11.3 Å². The predicted molar refractivity (Wildman–Crippen MR) is 80.2 cm³/mol. The monoisotopic (exact) mass is 296 g/mol. The van der Waals surface area contributed by atoms with Gasteiger partial charge in [-0.05, 0) is 38.0 Å². The molecule has 0 aromatic rings. The van der Waals surface area contributed by atoms with Crippen LogP contribution in [0.4, 0.5) is 4.79 Å². The molecule has 0 aromatic carbocycles. The van der Waals surface area contributed by atoms with Gasteiger partial charge in [-0.25, -0.2) is 4.79 Å². The first kappa shape index (κ1) is 15.1. The minimum absolute atomic E-state index is 0.0110. The molecule has 0 aromatic heterocycles. The first-order valence-electron chi connectivity index (χ1n) is 8.26. The number of piperidine rings is 1. The van der Waals surface area contributed by atoms with Crippen molar-refractivity contribution in [3.8, 4) is 0 Å². The summed E-state index contributed by atoms with van der Waals surface area (Å²) in [6.45, 7) is 4.06. The molecule has 5 heteroatoms. The molecule has 3 aliphatic rings. The largest absolute Gasteiger partial charge is 0.380 e. The zero-order chi connectivity index (χ0) is 14.9. The highest BCUT2D eigenvalue weighted by molar-refractivity contribution is 5.74. The van der Waals surface area contributed by atoms with E-state index in [0.29, 0.717) is 0 Å². The lowest BCUT2D eigenvalue weighted by Crippen LogP contribution is -2.59.